The van der Waals surface area contributed by atoms with Gasteiger partial charge in [-0.15, -0.1) is 0 Å². The van der Waals surface area contributed by atoms with Gasteiger partial charge < -0.3 is 10.4 Å². The van der Waals surface area contributed by atoms with E-state index in [2.05, 4.69) is 10.7 Å². The maximum absolute atomic E-state index is 13.2. The molecule has 0 aromatic heterocycles. The normalized spacial score (nSPS) is 20.4. The van der Waals surface area contributed by atoms with Crippen LogP contribution < -0.4 is 10.7 Å². The number of nitrogens with one attached hydrogen (secondary N) is 2. The predicted molar refractivity (Wildman–Crippen MR) is 105 cm³/mol. The molecule has 2 unspecified atom stereocenters. The summed E-state index contributed by atoms with van der Waals surface area (Å²) >= 11 is 0. The Balaban J connectivity index is 1.69. The molecule has 2 aliphatic rings. The molecule has 1 aliphatic carbocycles. The smallest absolute Gasteiger partial charge is 0.248 e. The van der Waals surface area contributed by atoms with Crippen molar-refractivity contribution in [2.45, 2.75) is 44.6 Å². The topological polar surface area (TPSA) is 122 Å². The van der Waals surface area contributed by atoms with Crippen LogP contribution in [0.4, 0.5) is 5.69 Å². The molecular weight excluding hydrogens is 376 g/mol. The van der Waals surface area contributed by atoms with Crippen LogP contribution in [-0.4, -0.2) is 57.7 Å². The largest absolute Gasteiger partial charge is 0.508 e. The van der Waals surface area contributed by atoms with E-state index in [1.54, 1.807) is 12.1 Å². The number of nitrogens with zero attached hydrogens (tertiary/aromatic N) is 2. The lowest BCUT2D eigenvalue weighted by molar-refractivity contribution is -0.159. The van der Waals surface area contributed by atoms with Gasteiger partial charge in [0.1, 0.15) is 11.8 Å². The molecule has 2 fully saturated rings. The zero-order valence-corrected chi connectivity index (χ0v) is 16.3. The minimum atomic E-state index is -0.709. The number of carbonyl (C=O) groups is 3. The third-order valence-corrected chi connectivity index (χ3v) is 5.64. The second kappa shape index (κ2) is 9.71. The fraction of sp³-hybridized carbons (Fsp3) is 0.550. The SMILES string of the molecule is O=CN(O)CC(CC1CCCC1)C(=O)N1NCCC1C(=O)Nc1cccc(O)c1. The molecule has 1 aliphatic heterocycles. The van der Waals surface area contributed by atoms with Crippen molar-refractivity contribution in [3.63, 3.8) is 0 Å². The molecule has 9 heteroatoms. The monoisotopic (exact) mass is 404 g/mol. The van der Waals surface area contributed by atoms with Gasteiger partial charge in [0.25, 0.3) is 0 Å². The van der Waals surface area contributed by atoms with E-state index in [1.165, 1.54) is 17.1 Å². The Morgan fingerprint density at radius 1 is 1.31 bits per heavy atom. The van der Waals surface area contributed by atoms with Crippen LogP contribution in [0.2, 0.25) is 0 Å². The summed E-state index contributed by atoms with van der Waals surface area (Å²) in [6, 6.07) is 5.50. The zero-order valence-electron chi connectivity index (χ0n) is 16.3. The number of aromatic hydroxyl groups is 1. The number of phenolic OH excluding ortho intramolecular Hbond substituents is 1. The number of hydrogen-bond donors (Lipinski definition) is 4. The van der Waals surface area contributed by atoms with E-state index in [0.29, 0.717) is 42.5 Å². The van der Waals surface area contributed by atoms with Crippen molar-refractivity contribution in [3.8, 4) is 5.75 Å². The van der Waals surface area contributed by atoms with Gasteiger partial charge in [0.15, 0.2) is 0 Å². The van der Waals surface area contributed by atoms with E-state index < -0.39 is 12.0 Å². The summed E-state index contributed by atoms with van der Waals surface area (Å²) in [6.45, 7) is 0.369. The van der Waals surface area contributed by atoms with Crippen LogP contribution in [0, 0.1) is 11.8 Å². The minimum absolute atomic E-state index is 0.0359. The van der Waals surface area contributed by atoms with E-state index in [4.69, 9.17) is 0 Å². The van der Waals surface area contributed by atoms with Crippen molar-refractivity contribution < 1.29 is 24.7 Å². The molecule has 1 saturated carbocycles. The summed E-state index contributed by atoms with van der Waals surface area (Å²) in [5.41, 5.74) is 3.41. The lowest BCUT2D eigenvalue weighted by atomic mass is 9.92. The summed E-state index contributed by atoms with van der Waals surface area (Å²) in [4.78, 5) is 36.8. The van der Waals surface area contributed by atoms with Gasteiger partial charge >= 0.3 is 0 Å². The van der Waals surface area contributed by atoms with Gasteiger partial charge in [0.2, 0.25) is 18.2 Å². The van der Waals surface area contributed by atoms with Crippen LogP contribution in [0.15, 0.2) is 24.3 Å². The highest BCUT2D eigenvalue weighted by atomic mass is 16.5. The molecule has 0 radical (unpaired) electrons. The maximum Gasteiger partial charge on any atom is 0.248 e. The van der Waals surface area contributed by atoms with E-state index in [0.717, 1.165) is 25.7 Å². The quantitative estimate of drug-likeness (QED) is 0.296. The fourth-order valence-corrected chi connectivity index (χ4v) is 4.22. The summed E-state index contributed by atoms with van der Waals surface area (Å²) in [5.74, 6) is -0.828. The van der Waals surface area contributed by atoms with Gasteiger partial charge in [-0.25, -0.2) is 10.5 Å². The Morgan fingerprint density at radius 2 is 2.07 bits per heavy atom. The van der Waals surface area contributed by atoms with Gasteiger partial charge in [-0.2, -0.15) is 0 Å². The van der Waals surface area contributed by atoms with Crippen molar-refractivity contribution in [1.82, 2.24) is 15.5 Å². The highest BCUT2D eigenvalue weighted by molar-refractivity contribution is 5.97. The average Bonchev–Trinajstić information content (AvgIpc) is 3.38. The second-order valence-electron chi connectivity index (χ2n) is 7.77. The van der Waals surface area contributed by atoms with Gasteiger partial charge in [-0.1, -0.05) is 31.7 Å². The molecule has 1 heterocycles. The third kappa shape index (κ3) is 5.45. The number of phenols is 1. The fourth-order valence-electron chi connectivity index (χ4n) is 4.22. The van der Waals surface area contributed by atoms with Crippen LogP contribution in [0.1, 0.15) is 38.5 Å². The molecule has 0 bridgehead atoms. The summed E-state index contributed by atoms with van der Waals surface area (Å²) in [6.07, 6.45) is 5.62. The number of anilines is 1. The highest BCUT2D eigenvalue weighted by Gasteiger charge is 2.39. The summed E-state index contributed by atoms with van der Waals surface area (Å²) in [7, 11) is 0. The number of carbonyl (C=O) groups excluding carboxylic acids is 3. The maximum atomic E-state index is 13.2. The van der Waals surface area contributed by atoms with Crippen molar-refractivity contribution in [2.75, 3.05) is 18.4 Å². The molecule has 29 heavy (non-hydrogen) atoms. The molecule has 2 atom stereocenters. The Labute approximate surface area is 169 Å². The molecule has 1 aromatic rings. The molecule has 158 valence electrons. The lowest BCUT2D eigenvalue weighted by Crippen LogP contribution is -2.51. The number of rotatable bonds is 8. The third-order valence-electron chi connectivity index (χ3n) is 5.64. The molecule has 1 saturated heterocycles. The van der Waals surface area contributed by atoms with E-state index in [9.17, 15) is 24.7 Å². The second-order valence-corrected chi connectivity index (χ2v) is 7.77. The Kier molecular flexibility index (Phi) is 7.05. The van der Waals surface area contributed by atoms with Gasteiger partial charge in [0, 0.05) is 18.3 Å². The summed E-state index contributed by atoms with van der Waals surface area (Å²) in [5, 5.41) is 23.8. The van der Waals surface area contributed by atoms with Gasteiger partial charge in [-0.3, -0.25) is 24.6 Å². The van der Waals surface area contributed by atoms with Crippen LogP contribution in [-0.2, 0) is 14.4 Å². The Morgan fingerprint density at radius 3 is 2.76 bits per heavy atom. The van der Waals surface area contributed by atoms with E-state index in [1.807, 2.05) is 0 Å². The first-order chi connectivity index (χ1) is 14.0. The van der Waals surface area contributed by atoms with Crippen LogP contribution in [0.5, 0.6) is 5.75 Å². The minimum Gasteiger partial charge on any atom is -0.508 e. The Hall–Kier alpha value is -2.65. The first-order valence-corrected chi connectivity index (χ1v) is 10.0. The number of amides is 3. The lowest BCUT2D eigenvalue weighted by Gasteiger charge is -2.30. The van der Waals surface area contributed by atoms with Crippen molar-refractivity contribution in [2.24, 2.45) is 11.8 Å². The first-order valence-electron chi connectivity index (χ1n) is 10.0. The predicted octanol–water partition coefficient (Wildman–Crippen LogP) is 1.48. The molecule has 1 aromatic carbocycles. The van der Waals surface area contributed by atoms with E-state index in [-0.39, 0.29) is 24.1 Å². The molecule has 3 amide bonds. The standard InChI is InChI=1S/C20H28N4O5/c25-13-23(29)12-15(10-14-4-1-2-5-14)20(28)24-18(8-9-21-24)19(27)22-16-6-3-7-17(26)11-16/h3,6-7,11,13-15,18,21,26,29H,1-2,4-5,8-10,12H2,(H,22,27). The van der Waals surface area contributed by atoms with Crippen molar-refractivity contribution >= 4 is 23.9 Å². The molecule has 9 nitrogen and oxygen atoms in total. The van der Waals surface area contributed by atoms with E-state index >= 15 is 0 Å². The van der Waals surface area contributed by atoms with Crippen molar-refractivity contribution in [1.29, 1.82) is 0 Å². The highest BCUT2D eigenvalue weighted by Crippen LogP contribution is 2.31. The van der Waals surface area contributed by atoms with Crippen LogP contribution in [0.25, 0.3) is 0 Å². The Bertz CT molecular complexity index is 737. The first kappa shape index (κ1) is 21.1. The van der Waals surface area contributed by atoms with Crippen LogP contribution in [0.3, 0.4) is 0 Å². The number of hydrazine groups is 1. The van der Waals surface area contributed by atoms with Gasteiger partial charge in [-0.05, 0) is 30.9 Å². The molecule has 0 spiro atoms. The number of hydrogen-bond acceptors (Lipinski definition) is 6. The number of benzene rings is 1. The average molecular weight is 404 g/mol. The van der Waals surface area contributed by atoms with Crippen LogP contribution >= 0.6 is 0 Å². The van der Waals surface area contributed by atoms with Gasteiger partial charge in [0.05, 0.1) is 12.5 Å². The molecule has 4 N–H and O–H groups in total. The molecule has 3 rings (SSSR count). The zero-order chi connectivity index (χ0) is 20.8. The molecular formula is C20H28N4O5. The number of hydroxylamine groups is 2. The van der Waals surface area contributed by atoms with Crippen molar-refractivity contribution in [3.05, 3.63) is 24.3 Å². The summed E-state index contributed by atoms with van der Waals surface area (Å²) < 4.78 is 0.